The second kappa shape index (κ2) is 7.40. The number of rotatable bonds is 5. The highest BCUT2D eigenvalue weighted by Gasteiger charge is 2.13. The number of ether oxygens (including phenoxy) is 1. The molecule has 7 heteroatoms. The first-order valence-corrected chi connectivity index (χ1v) is 8.79. The van der Waals surface area contributed by atoms with Crippen molar-refractivity contribution in [2.45, 2.75) is 13.3 Å². The van der Waals surface area contributed by atoms with Gasteiger partial charge in [-0.05, 0) is 65.4 Å². The first kappa shape index (κ1) is 17.0. The first-order valence-electron chi connectivity index (χ1n) is 7.33. The third-order valence-corrected chi connectivity index (χ3v) is 4.42. The quantitative estimate of drug-likeness (QED) is 0.537. The summed E-state index contributed by atoms with van der Waals surface area (Å²) in [4.78, 5) is 0. The van der Waals surface area contributed by atoms with Gasteiger partial charge in [0, 0.05) is 11.1 Å². The van der Waals surface area contributed by atoms with E-state index in [2.05, 4.69) is 10.2 Å². The minimum atomic E-state index is 0.216. The molecule has 0 saturated carbocycles. The summed E-state index contributed by atoms with van der Waals surface area (Å²) in [5.41, 5.74) is 1.46. The topological polar surface area (TPSA) is 68.4 Å². The fraction of sp³-hybridized carbons (Fsp3) is 0.176. The van der Waals surface area contributed by atoms with Gasteiger partial charge in [0.2, 0.25) is 11.8 Å². The number of benzene rings is 2. The van der Waals surface area contributed by atoms with Gasteiger partial charge in [0.25, 0.3) is 0 Å². The lowest BCUT2D eigenvalue weighted by Crippen LogP contribution is -1.95. The van der Waals surface area contributed by atoms with E-state index < -0.39 is 0 Å². The molecule has 0 amide bonds. The van der Waals surface area contributed by atoms with Crippen LogP contribution in [0.25, 0.3) is 22.9 Å². The zero-order valence-electron chi connectivity index (χ0n) is 12.8. The Hall–Kier alpha value is -1.80. The maximum atomic E-state index is 9.59. The number of aromatic nitrogens is 2. The Balaban J connectivity index is 1.87. The third-order valence-electron chi connectivity index (χ3n) is 3.26. The molecule has 0 spiro atoms. The van der Waals surface area contributed by atoms with Crippen LogP contribution >= 0.6 is 34.2 Å². The smallest absolute Gasteiger partial charge is 0.248 e. The summed E-state index contributed by atoms with van der Waals surface area (Å²) in [5.74, 6) is 1.60. The Morgan fingerprint density at radius 2 is 1.79 bits per heavy atom. The number of halogens is 2. The van der Waals surface area contributed by atoms with Crippen LogP contribution in [0.15, 0.2) is 40.8 Å². The SMILES string of the molecule is CCCOc1ccc(-c2nnc(-c3ccc(O)c(I)c3)o2)cc1Cl. The molecule has 3 rings (SSSR count). The number of hydrogen-bond acceptors (Lipinski definition) is 5. The van der Waals surface area contributed by atoms with Crippen LogP contribution in [0.4, 0.5) is 0 Å². The van der Waals surface area contributed by atoms with Gasteiger partial charge in [0.1, 0.15) is 11.5 Å². The van der Waals surface area contributed by atoms with E-state index >= 15 is 0 Å². The van der Waals surface area contributed by atoms with E-state index in [9.17, 15) is 5.11 Å². The van der Waals surface area contributed by atoms with Gasteiger partial charge in [-0.2, -0.15) is 0 Å². The average Bonchev–Trinajstić information content (AvgIpc) is 3.06. The number of hydrogen-bond donors (Lipinski definition) is 1. The summed E-state index contributed by atoms with van der Waals surface area (Å²) in [6.45, 7) is 2.65. The fourth-order valence-corrected chi connectivity index (χ4v) is 2.81. The van der Waals surface area contributed by atoms with Crippen LogP contribution in [0.3, 0.4) is 0 Å². The van der Waals surface area contributed by atoms with Crippen molar-refractivity contribution in [2.24, 2.45) is 0 Å². The van der Waals surface area contributed by atoms with Gasteiger partial charge in [0.05, 0.1) is 15.2 Å². The Morgan fingerprint density at radius 1 is 1.12 bits per heavy atom. The molecule has 0 unspecified atom stereocenters. The summed E-state index contributed by atoms with van der Waals surface area (Å²) >= 11 is 8.28. The number of nitrogens with zero attached hydrogens (tertiary/aromatic N) is 2. The summed E-state index contributed by atoms with van der Waals surface area (Å²) in [6.07, 6.45) is 0.913. The number of phenolic OH excluding ortho intramolecular Hbond substituents is 1. The number of phenols is 1. The van der Waals surface area contributed by atoms with Crippen LogP contribution in [-0.4, -0.2) is 21.9 Å². The molecule has 0 atom stereocenters. The van der Waals surface area contributed by atoms with Gasteiger partial charge in [0.15, 0.2) is 0 Å². The zero-order chi connectivity index (χ0) is 17.1. The van der Waals surface area contributed by atoms with Gasteiger partial charge < -0.3 is 14.3 Å². The van der Waals surface area contributed by atoms with Crippen molar-refractivity contribution in [3.8, 4) is 34.4 Å². The van der Waals surface area contributed by atoms with Crippen LogP contribution in [0.1, 0.15) is 13.3 Å². The van der Waals surface area contributed by atoms with Crippen molar-refractivity contribution >= 4 is 34.2 Å². The molecule has 124 valence electrons. The molecule has 0 aliphatic rings. The van der Waals surface area contributed by atoms with Crippen molar-refractivity contribution in [3.63, 3.8) is 0 Å². The van der Waals surface area contributed by atoms with E-state index in [1.54, 1.807) is 30.3 Å². The summed E-state index contributed by atoms with van der Waals surface area (Å²) in [6, 6.07) is 10.5. The van der Waals surface area contributed by atoms with E-state index in [1.807, 2.05) is 35.6 Å². The predicted octanol–water partition coefficient (Wildman–Crippen LogP) is 5.16. The van der Waals surface area contributed by atoms with Gasteiger partial charge in [-0.15, -0.1) is 10.2 Å². The molecule has 0 bridgehead atoms. The second-order valence-corrected chi connectivity index (χ2v) is 6.64. The van der Waals surface area contributed by atoms with Crippen molar-refractivity contribution in [1.29, 1.82) is 0 Å². The Morgan fingerprint density at radius 3 is 2.42 bits per heavy atom. The molecule has 0 aliphatic heterocycles. The van der Waals surface area contributed by atoms with Crippen molar-refractivity contribution in [3.05, 3.63) is 45.0 Å². The normalized spacial score (nSPS) is 10.8. The summed E-state index contributed by atoms with van der Waals surface area (Å²) in [5, 5.41) is 18.2. The lowest BCUT2D eigenvalue weighted by Gasteiger charge is -2.07. The summed E-state index contributed by atoms with van der Waals surface area (Å²) < 4.78 is 12.0. The lowest BCUT2D eigenvalue weighted by molar-refractivity contribution is 0.317. The van der Waals surface area contributed by atoms with Crippen LogP contribution < -0.4 is 4.74 Å². The monoisotopic (exact) mass is 456 g/mol. The number of aromatic hydroxyl groups is 1. The fourth-order valence-electron chi connectivity index (χ4n) is 2.06. The molecular weight excluding hydrogens is 443 g/mol. The molecule has 0 radical (unpaired) electrons. The van der Waals surface area contributed by atoms with Crippen LogP contribution in [-0.2, 0) is 0 Å². The maximum absolute atomic E-state index is 9.59. The Labute approximate surface area is 157 Å². The molecule has 24 heavy (non-hydrogen) atoms. The molecule has 2 aromatic carbocycles. The zero-order valence-corrected chi connectivity index (χ0v) is 15.7. The van der Waals surface area contributed by atoms with Gasteiger partial charge in [-0.1, -0.05) is 18.5 Å². The molecule has 0 aliphatic carbocycles. The molecule has 3 aromatic rings. The Kier molecular flexibility index (Phi) is 5.25. The van der Waals surface area contributed by atoms with Gasteiger partial charge >= 0.3 is 0 Å². The van der Waals surface area contributed by atoms with E-state index in [1.165, 1.54) is 0 Å². The molecular formula is C17H14ClIN2O3. The highest BCUT2D eigenvalue weighted by molar-refractivity contribution is 14.1. The second-order valence-electron chi connectivity index (χ2n) is 5.07. The highest BCUT2D eigenvalue weighted by Crippen LogP contribution is 2.32. The Bertz CT molecular complexity index is 867. The average molecular weight is 457 g/mol. The maximum Gasteiger partial charge on any atom is 0.248 e. The molecule has 1 N–H and O–H groups in total. The van der Waals surface area contributed by atoms with Crippen LogP contribution in [0.5, 0.6) is 11.5 Å². The lowest BCUT2D eigenvalue weighted by atomic mass is 10.2. The molecule has 0 fully saturated rings. The third kappa shape index (κ3) is 3.64. The minimum absolute atomic E-state index is 0.216. The minimum Gasteiger partial charge on any atom is -0.507 e. The van der Waals surface area contributed by atoms with E-state index in [0.29, 0.717) is 32.7 Å². The summed E-state index contributed by atoms with van der Waals surface area (Å²) in [7, 11) is 0. The van der Waals surface area contributed by atoms with E-state index in [-0.39, 0.29) is 5.75 Å². The van der Waals surface area contributed by atoms with Crippen LogP contribution in [0, 0.1) is 3.57 Å². The van der Waals surface area contributed by atoms with E-state index in [0.717, 1.165) is 17.5 Å². The predicted molar refractivity (Wildman–Crippen MR) is 100 cm³/mol. The largest absolute Gasteiger partial charge is 0.507 e. The molecule has 1 heterocycles. The first-order chi connectivity index (χ1) is 11.6. The van der Waals surface area contributed by atoms with Crippen molar-refractivity contribution < 1.29 is 14.3 Å². The van der Waals surface area contributed by atoms with Gasteiger partial charge in [-0.3, -0.25) is 0 Å². The molecule has 5 nitrogen and oxygen atoms in total. The molecule has 1 aromatic heterocycles. The molecule has 0 saturated heterocycles. The van der Waals surface area contributed by atoms with Gasteiger partial charge in [-0.25, -0.2) is 0 Å². The van der Waals surface area contributed by atoms with Crippen molar-refractivity contribution in [1.82, 2.24) is 10.2 Å². The highest BCUT2D eigenvalue weighted by atomic mass is 127. The van der Waals surface area contributed by atoms with Crippen molar-refractivity contribution in [2.75, 3.05) is 6.61 Å². The standard InChI is InChI=1S/C17H14ClIN2O3/c1-2-7-23-15-6-4-10(8-12(15)18)16-20-21-17(24-16)11-3-5-14(22)13(19)9-11/h3-6,8-9,22H,2,7H2,1H3. The van der Waals surface area contributed by atoms with Crippen LogP contribution in [0.2, 0.25) is 5.02 Å². The van der Waals surface area contributed by atoms with E-state index in [4.69, 9.17) is 20.8 Å².